The largest absolute Gasteiger partial charge is 0.486 e. The van der Waals surface area contributed by atoms with Crippen LogP contribution in [0.25, 0.3) is 0 Å². The normalized spacial score (nSPS) is 3.94. The molecule has 2 N–H and O–H groups in total. The molecule has 0 saturated heterocycles. The molecule has 0 saturated carbocycles. The molecule has 0 bridgehead atoms. The van der Waals surface area contributed by atoms with Crippen molar-refractivity contribution in [3.63, 3.8) is 0 Å². The van der Waals surface area contributed by atoms with Gasteiger partial charge in [0.2, 0.25) is 6.54 Å². The van der Waals surface area contributed by atoms with Crippen LogP contribution in [0.3, 0.4) is 0 Å². The first-order valence-electron chi connectivity index (χ1n) is 2.48. The summed E-state index contributed by atoms with van der Waals surface area (Å²) in [6, 6.07) is 0. The van der Waals surface area contributed by atoms with E-state index >= 15 is 0 Å². The van der Waals surface area contributed by atoms with Crippen LogP contribution in [0.2, 0.25) is 0 Å². The number of hydrogen-bond acceptors (Lipinski definition) is 5. The first kappa shape index (κ1) is 59.6. The van der Waals surface area contributed by atoms with Gasteiger partial charge in [-0.1, -0.05) is 7.05 Å². The average Bonchev–Trinajstić information content (AvgIpc) is 1.91. The Morgan fingerprint density at radius 3 is 1.06 bits per heavy atom. The number of nitrogens with zero attached hydrogens (tertiary/aromatic N) is 2. The van der Waals surface area contributed by atoms with Crippen molar-refractivity contribution in [2.24, 2.45) is 5.73 Å². The second-order valence-electron chi connectivity index (χ2n) is 0.982. The minimum absolute atomic E-state index is 0. The number of hydrogen-bond donors (Lipinski definition) is 1. The Morgan fingerprint density at radius 1 is 1.00 bits per heavy atom. The topological polar surface area (TPSA) is 112 Å². The zero-order valence-corrected chi connectivity index (χ0v) is 21.9. The first-order chi connectivity index (χ1) is 5.00. The van der Waals surface area contributed by atoms with E-state index in [1.807, 2.05) is 0 Å². The average molecular weight is 551 g/mol. The number of nitrogens with two attached hydrogens (primary N) is 1. The van der Waals surface area contributed by atoms with Gasteiger partial charge in [-0.25, -0.2) is 0 Å². The molecule has 0 unspecified atom stereocenters. The Kier molecular flexibility index (Phi) is 215. The van der Waals surface area contributed by atoms with E-state index in [1.165, 1.54) is 6.92 Å². The predicted molar refractivity (Wildman–Crippen MR) is 52.3 cm³/mol. The van der Waals surface area contributed by atoms with Crippen molar-refractivity contribution in [1.82, 2.24) is 0 Å². The van der Waals surface area contributed by atoms with Crippen molar-refractivity contribution >= 4 is 0 Å². The van der Waals surface area contributed by atoms with Crippen molar-refractivity contribution in [1.29, 1.82) is 0 Å². The summed E-state index contributed by atoms with van der Waals surface area (Å²) in [5, 5.41) is 17.9. The van der Waals surface area contributed by atoms with Crippen LogP contribution in [0.5, 0.6) is 0 Å². The predicted octanol–water partition coefficient (Wildman–Crippen LogP) is 0.965. The van der Waals surface area contributed by atoms with Gasteiger partial charge in [0.05, 0.1) is 0 Å². The van der Waals surface area contributed by atoms with Gasteiger partial charge in [-0.05, 0) is 0 Å². The molecule has 0 atom stereocenters. The molecule has 0 aromatic carbocycles. The maximum atomic E-state index is 9.17. The van der Waals surface area contributed by atoms with E-state index < -0.39 is 4.92 Å². The van der Waals surface area contributed by atoms with Gasteiger partial charge in [-0.2, -0.15) is 0 Å². The minimum Gasteiger partial charge on any atom is -0.486 e. The summed E-state index contributed by atoms with van der Waals surface area (Å²) >= 11 is 0. The molecule has 11 heteroatoms. The van der Waals surface area contributed by atoms with E-state index in [9.17, 15) is 10.1 Å². The van der Waals surface area contributed by atoms with Crippen molar-refractivity contribution < 1.29 is 141 Å². The summed E-state index contributed by atoms with van der Waals surface area (Å²) in [4.78, 5) is 16.7. The summed E-state index contributed by atoms with van der Waals surface area (Å²) < 4.78 is 0. The zero-order valence-electron chi connectivity index (χ0n) is 10.5. The van der Waals surface area contributed by atoms with E-state index in [4.69, 9.17) is 10.1 Å². The van der Waals surface area contributed by atoms with Crippen LogP contribution in [0.4, 0.5) is 0 Å². The van der Waals surface area contributed by atoms with Crippen molar-refractivity contribution in [3.05, 3.63) is 49.2 Å². The van der Waals surface area contributed by atoms with E-state index in [1.54, 1.807) is 0 Å². The van der Waals surface area contributed by atoms with Crippen LogP contribution in [-0.4, -0.2) is 16.4 Å². The number of nitro groups is 2. The van der Waals surface area contributed by atoms with Gasteiger partial charge in [0.1, 0.15) is 0 Å². The maximum absolute atomic E-state index is 9.17. The quantitative estimate of drug-likeness (QED) is 0.297. The molecule has 96 valence electrons. The van der Waals surface area contributed by atoms with Crippen LogP contribution >= 0.6 is 0 Å². The van der Waals surface area contributed by atoms with Crippen LogP contribution in [0.15, 0.2) is 0 Å². The summed E-state index contributed by atoms with van der Waals surface area (Å²) in [5.74, 6) is 0. The molecule has 0 rings (SSSR count). The fourth-order valence-electron chi connectivity index (χ4n) is 0. The minimum atomic E-state index is -0.750. The molecule has 0 aromatic rings. The van der Waals surface area contributed by atoms with Gasteiger partial charge < -0.3 is 20.6 Å². The van der Waals surface area contributed by atoms with Crippen molar-refractivity contribution in [2.75, 3.05) is 6.54 Å². The second-order valence-corrected chi connectivity index (χ2v) is 0.982. The van der Waals surface area contributed by atoms with Crippen LogP contribution < -0.4 is 5.73 Å². The smallest absolute Gasteiger partial charge is 0.201 e. The summed E-state index contributed by atoms with van der Waals surface area (Å²) in [6.45, 7) is 1.53. The van der Waals surface area contributed by atoms with Crippen LogP contribution in [-0.2, 0) is 131 Å². The van der Waals surface area contributed by atoms with Gasteiger partial charge in [0.25, 0.3) is 0 Å². The standard InChI is InChI=1S/C2H5NO2.CH2NO2.CH4N.2CH3.4Y/c1-2-3(4)5;1-2(3)4;1-2;;;;;;/h2H2,1H3;1H2;1-2H2;2*1H3;;;;/q;4*-1;;;;. The molecule has 0 spiro atoms. The van der Waals surface area contributed by atoms with E-state index in [-0.39, 0.29) is 157 Å². The van der Waals surface area contributed by atoms with Gasteiger partial charge in [-0.15, -0.1) is 4.92 Å². The third-order valence-electron chi connectivity index (χ3n) is 0.258. The zero-order chi connectivity index (χ0) is 9.86. The third kappa shape index (κ3) is 217. The Labute approximate surface area is 205 Å². The molecule has 7 nitrogen and oxygen atoms in total. The SMILES string of the molecule is CC[N+](=O)[O-].[CH2-]N.[CH2-][N+](=O)[O-].[CH3-].[CH3-].[Y].[Y].[Y].[Y]. The van der Waals surface area contributed by atoms with Gasteiger partial charge in [0, 0.05) is 143 Å². The monoisotopic (exact) mass is 551 g/mol. The van der Waals surface area contributed by atoms with Gasteiger partial charge in [-0.3, -0.25) is 27.3 Å². The van der Waals surface area contributed by atoms with E-state index in [0.717, 1.165) is 0 Å². The Bertz CT molecular complexity index is 117. The van der Waals surface area contributed by atoms with Crippen molar-refractivity contribution in [3.8, 4) is 0 Å². The molecular formula is C6H17N3O4Y4-4. The Hall–Kier alpha value is 3.05. The molecule has 0 aliphatic carbocycles. The molecule has 4 radical (unpaired) electrons. The first-order valence-corrected chi connectivity index (χ1v) is 2.48. The summed E-state index contributed by atoms with van der Waals surface area (Å²) in [6.07, 6.45) is 0. The maximum Gasteiger partial charge on any atom is 0.201 e. The molecule has 0 aromatic heterocycles. The molecule has 17 heavy (non-hydrogen) atoms. The number of rotatable bonds is 1. The fourth-order valence-corrected chi connectivity index (χ4v) is 0. The molecule has 0 aliphatic rings. The van der Waals surface area contributed by atoms with Gasteiger partial charge in [0.15, 0.2) is 0 Å². The van der Waals surface area contributed by atoms with Crippen LogP contribution in [0.1, 0.15) is 6.92 Å². The van der Waals surface area contributed by atoms with Crippen LogP contribution in [0, 0.1) is 49.2 Å². The molecular weight excluding hydrogens is 534 g/mol. The van der Waals surface area contributed by atoms with E-state index in [2.05, 4.69) is 19.8 Å². The molecule has 0 heterocycles. The Morgan fingerprint density at radius 2 is 1.06 bits per heavy atom. The molecule has 0 fully saturated rings. The molecule has 0 amide bonds. The molecule has 0 aliphatic heterocycles. The summed E-state index contributed by atoms with van der Waals surface area (Å²) in [5.41, 5.74) is 4.25. The Balaban J connectivity index is -0.00000000721. The summed E-state index contributed by atoms with van der Waals surface area (Å²) in [7, 11) is 5.11. The fraction of sp³-hybridized carbons (Fsp3) is 0.333. The van der Waals surface area contributed by atoms with Gasteiger partial charge >= 0.3 is 0 Å². The second kappa shape index (κ2) is 61.5. The third-order valence-corrected chi connectivity index (χ3v) is 0.258. The van der Waals surface area contributed by atoms with E-state index in [0.29, 0.717) is 0 Å². The van der Waals surface area contributed by atoms with Crippen molar-refractivity contribution in [2.45, 2.75) is 6.92 Å².